The predicted octanol–water partition coefficient (Wildman–Crippen LogP) is 0.887. The molecule has 13 heavy (non-hydrogen) atoms. The van der Waals surface area contributed by atoms with Crippen LogP contribution in [-0.2, 0) is 9.09 Å². The summed E-state index contributed by atoms with van der Waals surface area (Å²) in [6.07, 6.45) is -0.570. The molecule has 1 unspecified atom stereocenters. The zero-order valence-corrected chi connectivity index (χ0v) is 9.46. The zero-order valence-electron chi connectivity index (χ0n) is 8.56. The Labute approximate surface area is 79.9 Å². The van der Waals surface area contributed by atoms with E-state index in [1.807, 2.05) is 13.8 Å². The Morgan fingerprint density at radius 1 is 1.54 bits per heavy atom. The average Bonchev–Trinajstić information content (AvgIpc) is 2.00. The summed E-state index contributed by atoms with van der Waals surface area (Å²) in [6.45, 7) is 6.10. The Kier molecular flexibility index (Phi) is 5.81. The Morgan fingerprint density at radius 3 is 2.46 bits per heavy atom. The van der Waals surface area contributed by atoms with Gasteiger partial charge in [0.2, 0.25) is 7.37 Å². The van der Waals surface area contributed by atoms with E-state index < -0.39 is 13.5 Å². The Hall–Kier alpha value is 0.110. The Bertz CT molecular complexity index is 184. The molecule has 5 heteroatoms. The minimum atomic E-state index is -2.65. The lowest BCUT2D eigenvalue weighted by Crippen LogP contribution is -2.24. The van der Waals surface area contributed by atoms with Gasteiger partial charge in [0.1, 0.15) is 0 Å². The topological polar surface area (TPSA) is 72.5 Å². The summed E-state index contributed by atoms with van der Waals surface area (Å²) in [5, 5.41) is 9.18. The maximum atomic E-state index is 11.6. The van der Waals surface area contributed by atoms with E-state index in [2.05, 4.69) is 0 Å². The number of rotatable bonds is 6. The normalized spacial score (nSPS) is 18.6. The van der Waals surface area contributed by atoms with Crippen molar-refractivity contribution in [3.63, 3.8) is 0 Å². The van der Waals surface area contributed by atoms with Gasteiger partial charge in [-0.1, -0.05) is 13.8 Å². The van der Waals surface area contributed by atoms with Crippen molar-refractivity contribution >= 4 is 7.37 Å². The van der Waals surface area contributed by atoms with Crippen LogP contribution in [-0.4, -0.2) is 37.2 Å². The van der Waals surface area contributed by atoms with E-state index in [0.717, 1.165) is 0 Å². The van der Waals surface area contributed by atoms with Gasteiger partial charge in [0.05, 0.1) is 18.9 Å². The predicted molar refractivity (Wildman–Crippen MR) is 54.2 cm³/mol. The lowest BCUT2D eigenvalue weighted by molar-refractivity contribution is 0.195. The van der Waals surface area contributed by atoms with Crippen LogP contribution in [0, 0.1) is 5.92 Å². The SMILES string of the molecule is CC(C)COP(C)(=O)C[C@@H](O)CN. The Morgan fingerprint density at radius 2 is 2.08 bits per heavy atom. The third-order valence-electron chi connectivity index (χ3n) is 1.50. The standard InChI is InChI=1S/C8H20NO3P/c1-7(2)5-12-13(3,11)6-8(10)4-9/h7-8,10H,4-6,9H2,1-3H3/t8-,13?/m0/s1. The third-order valence-corrected chi connectivity index (χ3v) is 3.28. The highest BCUT2D eigenvalue weighted by molar-refractivity contribution is 7.58. The first-order chi connectivity index (χ1) is 5.87. The van der Waals surface area contributed by atoms with Crippen molar-refractivity contribution in [2.45, 2.75) is 20.0 Å². The van der Waals surface area contributed by atoms with Gasteiger partial charge < -0.3 is 15.4 Å². The molecule has 80 valence electrons. The van der Waals surface area contributed by atoms with Crippen LogP contribution in [0.3, 0.4) is 0 Å². The Balaban J connectivity index is 3.87. The van der Waals surface area contributed by atoms with Gasteiger partial charge >= 0.3 is 0 Å². The molecule has 0 rings (SSSR count). The van der Waals surface area contributed by atoms with Gasteiger partial charge in [-0.05, 0) is 5.92 Å². The first kappa shape index (κ1) is 13.1. The summed E-state index contributed by atoms with van der Waals surface area (Å²) >= 11 is 0. The largest absolute Gasteiger partial charge is 0.391 e. The van der Waals surface area contributed by atoms with Crippen LogP contribution in [0.2, 0.25) is 0 Å². The molecular formula is C8H20NO3P. The molecule has 3 N–H and O–H groups in total. The van der Waals surface area contributed by atoms with Crippen LogP contribution >= 0.6 is 7.37 Å². The van der Waals surface area contributed by atoms with E-state index in [0.29, 0.717) is 12.5 Å². The van der Waals surface area contributed by atoms with Crippen LogP contribution in [0.1, 0.15) is 13.8 Å². The first-order valence-electron chi connectivity index (χ1n) is 4.46. The quantitative estimate of drug-likeness (QED) is 0.637. The molecule has 0 aliphatic carbocycles. The van der Waals surface area contributed by atoms with Gasteiger partial charge in [0, 0.05) is 13.2 Å². The van der Waals surface area contributed by atoms with Crippen LogP contribution in [0.25, 0.3) is 0 Å². The fourth-order valence-electron chi connectivity index (χ4n) is 0.817. The number of aliphatic hydroxyl groups is 1. The minimum absolute atomic E-state index is 0.128. The van der Waals surface area contributed by atoms with E-state index >= 15 is 0 Å². The second-order valence-electron chi connectivity index (χ2n) is 3.78. The molecule has 0 saturated carbocycles. The maximum Gasteiger partial charge on any atom is 0.202 e. The highest BCUT2D eigenvalue weighted by Crippen LogP contribution is 2.43. The highest BCUT2D eigenvalue weighted by Gasteiger charge is 2.20. The molecule has 0 heterocycles. The van der Waals surface area contributed by atoms with Crippen molar-refractivity contribution in [3.8, 4) is 0 Å². The fourth-order valence-corrected chi connectivity index (χ4v) is 2.45. The zero-order chi connectivity index (χ0) is 10.5. The van der Waals surface area contributed by atoms with Crippen molar-refractivity contribution < 1.29 is 14.2 Å². The first-order valence-corrected chi connectivity index (χ1v) is 6.72. The maximum absolute atomic E-state index is 11.6. The summed E-state index contributed by atoms with van der Waals surface area (Å²) in [5.74, 6) is 0.350. The number of nitrogens with two attached hydrogens (primary N) is 1. The molecule has 0 saturated heterocycles. The van der Waals surface area contributed by atoms with E-state index in [-0.39, 0.29) is 12.7 Å². The lowest BCUT2D eigenvalue weighted by atomic mass is 10.2. The molecule has 0 fully saturated rings. The monoisotopic (exact) mass is 209 g/mol. The van der Waals surface area contributed by atoms with Gasteiger partial charge in [-0.15, -0.1) is 0 Å². The van der Waals surface area contributed by atoms with Crippen molar-refractivity contribution in [1.82, 2.24) is 0 Å². The second-order valence-corrected chi connectivity index (χ2v) is 6.43. The molecule has 0 aliphatic heterocycles. The molecule has 2 atom stereocenters. The molecule has 0 radical (unpaired) electrons. The molecule has 0 aromatic rings. The molecule has 0 amide bonds. The second kappa shape index (κ2) is 5.76. The van der Waals surface area contributed by atoms with Crippen LogP contribution in [0.4, 0.5) is 0 Å². The van der Waals surface area contributed by atoms with Crippen LogP contribution in [0.15, 0.2) is 0 Å². The van der Waals surface area contributed by atoms with Gasteiger partial charge in [-0.2, -0.15) is 0 Å². The van der Waals surface area contributed by atoms with Crippen LogP contribution < -0.4 is 5.73 Å². The summed E-state index contributed by atoms with van der Waals surface area (Å²) in [4.78, 5) is 0. The third kappa shape index (κ3) is 7.20. The highest BCUT2D eigenvalue weighted by atomic mass is 31.2. The molecule has 0 aromatic heterocycles. The van der Waals surface area contributed by atoms with Gasteiger partial charge in [0.25, 0.3) is 0 Å². The van der Waals surface area contributed by atoms with Crippen molar-refractivity contribution in [2.24, 2.45) is 11.7 Å². The van der Waals surface area contributed by atoms with E-state index in [9.17, 15) is 9.67 Å². The fraction of sp³-hybridized carbons (Fsp3) is 1.00. The summed E-state index contributed by atoms with van der Waals surface area (Å²) in [7, 11) is -2.65. The smallest absolute Gasteiger partial charge is 0.202 e. The number of aliphatic hydroxyl groups excluding tert-OH is 1. The summed E-state index contributed by atoms with van der Waals surface area (Å²) in [6, 6.07) is 0. The number of hydrogen-bond donors (Lipinski definition) is 2. The van der Waals surface area contributed by atoms with Gasteiger partial charge in [0.15, 0.2) is 0 Å². The van der Waals surface area contributed by atoms with E-state index in [4.69, 9.17) is 10.3 Å². The lowest BCUT2D eigenvalue weighted by Gasteiger charge is -2.17. The molecule has 4 nitrogen and oxygen atoms in total. The molecule has 0 aliphatic rings. The molecule has 0 spiro atoms. The van der Waals surface area contributed by atoms with Gasteiger partial charge in [-0.3, -0.25) is 4.57 Å². The van der Waals surface area contributed by atoms with Crippen molar-refractivity contribution in [1.29, 1.82) is 0 Å². The molecular weight excluding hydrogens is 189 g/mol. The van der Waals surface area contributed by atoms with E-state index in [1.165, 1.54) is 6.66 Å². The average molecular weight is 209 g/mol. The van der Waals surface area contributed by atoms with Crippen LogP contribution in [0.5, 0.6) is 0 Å². The van der Waals surface area contributed by atoms with Crippen molar-refractivity contribution in [2.75, 3.05) is 26.0 Å². The summed E-state index contributed by atoms with van der Waals surface area (Å²) < 4.78 is 16.9. The van der Waals surface area contributed by atoms with E-state index in [1.54, 1.807) is 0 Å². The molecule has 0 bridgehead atoms. The minimum Gasteiger partial charge on any atom is -0.391 e. The summed E-state index contributed by atoms with van der Waals surface area (Å²) in [5.41, 5.74) is 5.21. The van der Waals surface area contributed by atoms with Gasteiger partial charge in [-0.25, -0.2) is 0 Å². The van der Waals surface area contributed by atoms with Crippen molar-refractivity contribution in [3.05, 3.63) is 0 Å². The molecule has 0 aromatic carbocycles. The number of hydrogen-bond acceptors (Lipinski definition) is 4.